The number of carbonyl (C=O) groups is 1. The predicted molar refractivity (Wildman–Crippen MR) is 88.9 cm³/mol. The van der Waals surface area contributed by atoms with Crippen molar-refractivity contribution in [1.29, 1.82) is 5.26 Å². The number of nitrogens with zero attached hydrogens (tertiary/aromatic N) is 1. The minimum Gasteiger partial charge on any atom is -0.456 e. The lowest BCUT2D eigenvalue weighted by Crippen LogP contribution is -2.27. The summed E-state index contributed by atoms with van der Waals surface area (Å²) in [6, 6.07) is 12.1. The number of hydrogen-bond acceptors (Lipinski definition) is 4. The average molecular weight is 346 g/mol. The Hall–Kier alpha value is -2.72. The number of carbonyl (C=O) groups excluding carboxylic acids is 1. The van der Waals surface area contributed by atoms with E-state index >= 15 is 0 Å². The summed E-state index contributed by atoms with van der Waals surface area (Å²) in [6.45, 7) is 0.328. The molecule has 2 aromatic carbocycles. The van der Waals surface area contributed by atoms with Gasteiger partial charge in [0.25, 0.3) is 5.91 Å². The third-order valence-corrected chi connectivity index (χ3v) is 3.89. The van der Waals surface area contributed by atoms with Crippen LogP contribution in [-0.2, 0) is 10.8 Å². The predicted octanol–water partition coefficient (Wildman–Crippen LogP) is 2.60. The van der Waals surface area contributed by atoms with Gasteiger partial charge in [-0.3, -0.25) is 9.00 Å². The largest absolute Gasteiger partial charge is 0.456 e. The summed E-state index contributed by atoms with van der Waals surface area (Å²) in [4.78, 5) is 11.9. The molecule has 1 N–H and O–H groups in total. The lowest BCUT2D eigenvalue weighted by atomic mass is 10.2. The summed E-state index contributed by atoms with van der Waals surface area (Å²) < 4.78 is 30.0. The van der Waals surface area contributed by atoms with E-state index in [1.807, 2.05) is 0 Å². The van der Waals surface area contributed by atoms with Crippen molar-refractivity contribution in [3.8, 4) is 17.6 Å². The molecule has 1 atom stereocenters. The topological polar surface area (TPSA) is 79.2 Å². The summed E-state index contributed by atoms with van der Waals surface area (Å²) in [7, 11) is -0.962. The lowest BCUT2D eigenvalue weighted by molar-refractivity contribution is 0.0956. The molecular weight excluding hydrogens is 331 g/mol. The van der Waals surface area contributed by atoms with Crippen LogP contribution in [0.5, 0.6) is 11.5 Å². The van der Waals surface area contributed by atoms with E-state index in [0.29, 0.717) is 23.6 Å². The summed E-state index contributed by atoms with van der Waals surface area (Å²) in [6.07, 6.45) is 1.57. The Kier molecular flexibility index (Phi) is 6.04. The zero-order chi connectivity index (χ0) is 17.5. The number of nitriles is 1. The van der Waals surface area contributed by atoms with Crippen molar-refractivity contribution in [3.05, 3.63) is 59.4 Å². The molecule has 0 fully saturated rings. The van der Waals surface area contributed by atoms with Crippen molar-refractivity contribution in [2.75, 3.05) is 18.6 Å². The van der Waals surface area contributed by atoms with Crippen LogP contribution in [0.3, 0.4) is 0 Å². The molecule has 5 nitrogen and oxygen atoms in total. The zero-order valence-electron chi connectivity index (χ0n) is 12.9. The number of amides is 1. The minimum atomic E-state index is -0.962. The third kappa shape index (κ3) is 4.64. The highest BCUT2D eigenvalue weighted by Gasteiger charge is 2.10. The molecule has 0 radical (unpaired) electrons. The molecule has 124 valence electrons. The fourth-order valence-corrected chi connectivity index (χ4v) is 2.30. The number of hydrogen-bond donors (Lipinski definition) is 1. The number of rotatable bonds is 6. The van der Waals surface area contributed by atoms with Gasteiger partial charge in [0, 0.05) is 34.9 Å². The first-order chi connectivity index (χ1) is 11.5. The molecule has 0 aromatic heterocycles. The highest BCUT2D eigenvalue weighted by atomic mass is 32.2. The minimum absolute atomic E-state index is 0.111. The van der Waals surface area contributed by atoms with E-state index in [1.54, 1.807) is 36.6 Å². The molecule has 2 rings (SSSR count). The van der Waals surface area contributed by atoms with Crippen molar-refractivity contribution in [1.82, 2.24) is 5.32 Å². The second-order valence-corrected chi connectivity index (χ2v) is 6.44. The van der Waals surface area contributed by atoms with Gasteiger partial charge in [0.05, 0.1) is 0 Å². The number of benzene rings is 2. The zero-order valence-corrected chi connectivity index (χ0v) is 13.7. The molecule has 7 heteroatoms. The van der Waals surface area contributed by atoms with Gasteiger partial charge in [-0.15, -0.1) is 0 Å². The highest BCUT2D eigenvalue weighted by Crippen LogP contribution is 2.26. The first-order valence-corrected chi connectivity index (χ1v) is 8.78. The smallest absolute Gasteiger partial charge is 0.251 e. The van der Waals surface area contributed by atoms with Crippen molar-refractivity contribution in [2.45, 2.75) is 0 Å². The van der Waals surface area contributed by atoms with Gasteiger partial charge in [0.15, 0.2) is 0 Å². The molecule has 24 heavy (non-hydrogen) atoms. The fraction of sp³-hybridized carbons (Fsp3) is 0.176. The summed E-state index contributed by atoms with van der Waals surface area (Å²) in [5.74, 6) is -0.0538. The molecule has 2 aromatic rings. The Morgan fingerprint density at radius 1 is 1.29 bits per heavy atom. The molecule has 0 spiro atoms. The Morgan fingerprint density at radius 2 is 2.00 bits per heavy atom. The standard InChI is InChI=1S/C17H15FN2O3S/c1-24(22)10-9-20-17(21)12-5-7-13(8-6-12)23-16-4-2-3-15(18)14(16)11-19/h2-8H,9-10H2,1H3,(H,20,21)/t24-/m0/s1. The fourth-order valence-electron chi connectivity index (χ4n) is 1.91. The first-order valence-electron chi connectivity index (χ1n) is 7.06. The van der Waals surface area contributed by atoms with E-state index < -0.39 is 16.6 Å². The van der Waals surface area contributed by atoms with Crippen LogP contribution in [-0.4, -0.2) is 28.7 Å². The highest BCUT2D eigenvalue weighted by molar-refractivity contribution is 7.84. The van der Waals surface area contributed by atoms with Crippen LogP contribution in [0.1, 0.15) is 15.9 Å². The van der Waals surface area contributed by atoms with E-state index in [2.05, 4.69) is 5.32 Å². The molecule has 0 aliphatic rings. The van der Waals surface area contributed by atoms with Crippen molar-refractivity contribution >= 4 is 16.7 Å². The van der Waals surface area contributed by atoms with E-state index in [1.165, 1.54) is 18.2 Å². The Morgan fingerprint density at radius 3 is 2.62 bits per heavy atom. The van der Waals surface area contributed by atoms with E-state index in [9.17, 15) is 13.4 Å². The second kappa shape index (κ2) is 8.22. The Balaban J connectivity index is 2.05. The number of halogens is 1. The van der Waals surface area contributed by atoms with Crippen LogP contribution in [0.15, 0.2) is 42.5 Å². The summed E-state index contributed by atoms with van der Waals surface area (Å²) in [5.41, 5.74) is 0.246. The summed E-state index contributed by atoms with van der Waals surface area (Å²) in [5, 5.41) is 11.6. The van der Waals surface area contributed by atoms with Crippen LogP contribution >= 0.6 is 0 Å². The second-order valence-electron chi connectivity index (χ2n) is 4.88. The maximum absolute atomic E-state index is 13.5. The molecule has 0 unspecified atom stereocenters. The summed E-state index contributed by atoms with van der Waals surface area (Å²) >= 11 is 0. The Bertz CT molecular complexity index is 800. The molecule has 0 heterocycles. The molecular formula is C17H15FN2O3S. The number of nitrogens with one attached hydrogen (secondary N) is 1. The maximum Gasteiger partial charge on any atom is 0.251 e. The van der Waals surface area contributed by atoms with E-state index in [0.717, 1.165) is 0 Å². The molecule has 0 aliphatic heterocycles. The molecule has 0 bridgehead atoms. The van der Waals surface area contributed by atoms with Gasteiger partial charge in [0.1, 0.15) is 28.9 Å². The van der Waals surface area contributed by atoms with Gasteiger partial charge in [-0.2, -0.15) is 5.26 Å². The molecule has 0 aliphatic carbocycles. The monoisotopic (exact) mass is 346 g/mol. The van der Waals surface area contributed by atoms with Crippen LogP contribution in [0.2, 0.25) is 0 Å². The van der Waals surface area contributed by atoms with Gasteiger partial charge in [-0.05, 0) is 36.4 Å². The van der Waals surface area contributed by atoms with Crippen LogP contribution in [0.25, 0.3) is 0 Å². The lowest BCUT2D eigenvalue weighted by Gasteiger charge is -2.09. The van der Waals surface area contributed by atoms with E-state index in [-0.39, 0.29) is 17.2 Å². The molecule has 0 saturated heterocycles. The van der Waals surface area contributed by atoms with Crippen LogP contribution < -0.4 is 10.1 Å². The normalized spacial score (nSPS) is 11.4. The van der Waals surface area contributed by atoms with Gasteiger partial charge in [0.2, 0.25) is 0 Å². The van der Waals surface area contributed by atoms with Crippen LogP contribution in [0, 0.1) is 17.1 Å². The van der Waals surface area contributed by atoms with Gasteiger partial charge < -0.3 is 10.1 Å². The molecule has 0 saturated carbocycles. The third-order valence-electron chi connectivity index (χ3n) is 3.11. The van der Waals surface area contributed by atoms with E-state index in [4.69, 9.17) is 10.00 Å². The Labute approximate surface area is 141 Å². The van der Waals surface area contributed by atoms with Crippen molar-refractivity contribution < 1.29 is 18.1 Å². The molecule has 1 amide bonds. The van der Waals surface area contributed by atoms with Gasteiger partial charge in [-0.25, -0.2) is 4.39 Å². The quantitative estimate of drug-likeness (QED) is 0.872. The van der Waals surface area contributed by atoms with Gasteiger partial charge >= 0.3 is 0 Å². The van der Waals surface area contributed by atoms with Crippen molar-refractivity contribution in [3.63, 3.8) is 0 Å². The maximum atomic E-state index is 13.5. The van der Waals surface area contributed by atoms with Crippen molar-refractivity contribution in [2.24, 2.45) is 0 Å². The van der Waals surface area contributed by atoms with Gasteiger partial charge in [-0.1, -0.05) is 6.07 Å². The SMILES string of the molecule is C[S@](=O)CCNC(=O)c1ccc(Oc2cccc(F)c2C#N)cc1. The average Bonchev–Trinajstić information content (AvgIpc) is 2.55. The number of ether oxygens (including phenoxy) is 1. The van der Waals surface area contributed by atoms with Crippen LogP contribution in [0.4, 0.5) is 4.39 Å². The first kappa shape index (κ1) is 17.6.